The van der Waals surface area contributed by atoms with Crippen LogP contribution in [-0.2, 0) is 16.0 Å². The zero-order chi connectivity index (χ0) is 12.5. The summed E-state index contributed by atoms with van der Waals surface area (Å²) in [7, 11) is 1.67. The van der Waals surface area contributed by atoms with E-state index in [4.69, 9.17) is 21.1 Å². The summed E-state index contributed by atoms with van der Waals surface area (Å²) in [6.07, 6.45) is 0. The monoisotopic (exact) mass is 257 g/mol. The first-order valence-electron chi connectivity index (χ1n) is 5.76. The van der Waals surface area contributed by atoms with Crippen molar-refractivity contribution in [3.8, 4) is 0 Å². The fraction of sp³-hybridized carbons (Fsp3) is 0.538. The Morgan fingerprint density at radius 2 is 2.06 bits per heavy atom. The highest BCUT2D eigenvalue weighted by Gasteiger charge is 1.98. The lowest BCUT2D eigenvalue weighted by atomic mass is 10.1. The predicted octanol–water partition coefficient (Wildman–Crippen LogP) is 2.40. The third-order valence-electron chi connectivity index (χ3n) is 2.48. The first kappa shape index (κ1) is 14.5. The van der Waals surface area contributed by atoms with E-state index < -0.39 is 0 Å². The average molecular weight is 258 g/mol. The molecule has 0 aromatic heterocycles. The number of aryl methyl sites for hydroxylation is 1. The largest absolute Gasteiger partial charge is 0.382 e. The van der Waals surface area contributed by atoms with Crippen LogP contribution < -0.4 is 5.32 Å². The molecule has 0 saturated carbocycles. The van der Waals surface area contributed by atoms with Crippen molar-refractivity contribution < 1.29 is 9.47 Å². The van der Waals surface area contributed by atoms with Crippen molar-refractivity contribution in [2.45, 2.75) is 13.5 Å². The summed E-state index contributed by atoms with van der Waals surface area (Å²) in [6.45, 7) is 5.75. The minimum Gasteiger partial charge on any atom is -0.382 e. The highest BCUT2D eigenvalue weighted by atomic mass is 35.5. The van der Waals surface area contributed by atoms with E-state index in [1.807, 2.05) is 12.1 Å². The molecule has 0 aliphatic carbocycles. The lowest BCUT2D eigenvalue weighted by Gasteiger charge is -2.08. The van der Waals surface area contributed by atoms with E-state index in [2.05, 4.69) is 18.3 Å². The third kappa shape index (κ3) is 6.03. The van der Waals surface area contributed by atoms with Gasteiger partial charge >= 0.3 is 0 Å². The van der Waals surface area contributed by atoms with E-state index in [9.17, 15) is 0 Å². The molecule has 0 saturated heterocycles. The predicted molar refractivity (Wildman–Crippen MR) is 70.6 cm³/mol. The summed E-state index contributed by atoms with van der Waals surface area (Å²) in [6, 6.07) is 5.95. The third-order valence-corrected chi connectivity index (χ3v) is 2.71. The van der Waals surface area contributed by atoms with Gasteiger partial charge in [0.2, 0.25) is 0 Å². The van der Waals surface area contributed by atoms with Gasteiger partial charge < -0.3 is 14.8 Å². The van der Waals surface area contributed by atoms with Crippen LogP contribution in [0.4, 0.5) is 0 Å². The number of ether oxygens (including phenoxy) is 2. The molecule has 0 amide bonds. The average Bonchev–Trinajstić information content (AvgIpc) is 2.30. The van der Waals surface area contributed by atoms with Crippen LogP contribution in [0.3, 0.4) is 0 Å². The molecule has 0 radical (unpaired) electrons. The molecular weight excluding hydrogens is 238 g/mol. The Balaban J connectivity index is 2.14. The normalized spacial score (nSPS) is 10.8. The maximum atomic E-state index is 5.90. The maximum absolute atomic E-state index is 5.90. The summed E-state index contributed by atoms with van der Waals surface area (Å²) in [5.74, 6) is 0. The fourth-order valence-electron chi connectivity index (χ4n) is 1.47. The molecule has 1 aromatic rings. The van der Waals surface area contributed by atoms with Gasteiger partial charge in [-0.3, -0.25) is 0 Å². The SMILES string of the molecule is COCCOCCNCc1ccc(Cl)cc1C. The molecule has 0 unspecified atom stereocenters. The number of hydrogen-bond acceptors (Lipinski definition) is 3. The van der Waals surface area contributed by atoms with Crippen LogP contribution in [0.2, 0.25) is 5.02 Å². The Kier molecular flexibility index (Phi) is 7.21. The van der Waals surface area contributed by atoms with Crippen molar-refractivity contribution in [2.75, 3.05) is 33.5 Å². The first-order chi connectivity index (χ1) is 8.24. The highest BCUT2D eigenvalue weighted by molar-refractivity contribution is 6.30. The number of nitrogens with one attached hydrogen (secondary N) is 1. The Morgan fingerprint density at radius 3 is 2.76 bits per heavy atom. The molecular formula is C13H20ClNO2. The van der Waals surface area contributed by atoms with Crippen LogP contribution in [0.15, 0.2) is 18.2 Å². The minimum absolute atomic E-state index is 0.649. The van der Waals surface area contributed by atoms with Gasteiger partial charge in [0.05, 0.1) is 19.8 Å². The fourth-order valence-corrected chi connectivity index (χ4v) is 1.70. The highest BCUT2D eigenvalue weighted by Crippen LogP contribution is 2.14. The van der Waals surface area contributed by atoms with Crippen LogP contribution in [0.1, 0.15) is 11.1 Å². The van der Waals surface area contributed by atoms with Crippen LogP contribution in [-0.4, -0.2) is 33.5 Å². The van der Waals surface area contributed by atoms with Gasteiger partial charge in [0.1, 0.15) is 0 Å². The van der Waals surface area contributed by atoms with Crippen molar-refractivity contribution in [3.63, 3.8) is 0 Å². The molecule has 4 heteroatoms. The molecule has 1 aromatic carbocycles. The van der Waals surface area contributed by atoms with Crippen molar-refractivity contribution in [3.05, 3.63) is 34.3 Å². The smallest absolute Gasteiger partial charge is 0.0700 e. The van der Waals surface area contributed by atoms with E-state index in [-0.39, 0.29) is 0 Å². The molecule has 0 aliphatic rings. The summed E-state index contributed by atoms with van der Waals surface area (Å²) >= 11 is 5.90. The van der Waals surface area contributed by atoms with E-state index in [1.54, 1.807) is 7.11 Å². The molecule has 1 N–H and O–H groups in total. The van der Waals surface area contributed by atoms with E-state index in [0.717, 1.165) is 18.1 Å². The van der Waals surface area contributed by atoms with Gasteiger partial charge in [0, 0.05) is 25.2 Å². The summed E-state index contributed by atoms with van der Waals surface area (Å²) in [5.41, 5.74) is 2.48. The quantitative estimate of drug-likeness (QED) is 0.726. The second-order valence-electron chi connectivity index (χ2n) is 3.85. The topological polar surface area (TPSA) is 30.5 Å². The van der Waals surface area contributed by atoms with Crippen LogP contribution in [0.25, 0.3) is 0 Å². The van der Waals surface area contributed by atoms with Gasteiger partial charge in [0.25, 0.3) is 0 Å². The van der Waals surface area contributed by atoms with E-state index >= 15 is 0 Å². The van der Waals surface area contributed by atoms with Gasteiger partial charge in [-0.25, -0.2) is 0 Å². The molecule has 0 atom stereocenters. The molecule has 0 bridgehead atoms. The standard InChI is InChI=1S/C13H20ClNO2/c1-11-9-13(14)4-3-12(11)10-15-5-6-17-8-7-16-2/h3-4,9,15H,5-8,10H2,1-2H3. The van der Waals surface area contributed by atoms with Gasteiger partial charge in [0.15, 0.2) is 0 Å². The lowest BCUT2D eigenvalue weighted by Crippen LogP contribution is -2.20. The van der Waals surface area contributed by atoms with E-state index in [1.165, 1.54) is 11.1 Å². The molecule has 17 heavy (non-hydrogen) atoms. The van der Waals surface area contributed by atoms with Gasteiger partial charge in [-0.15, -0.1) is 0 Å². The van der Waals surface area contributed by atoms with Crippen LogP contribution in [0.5, 0.6) is 0 Å². The molecule has 0 spiro atoms. The van der Waals surface area contributed by atoms with E-state index in [0.29, 0.717) is 19.8 Å². The Labute approximate surface area is 108 Å². The number of methoxy groups -OCH3 is 1. The molecule has 1 rings (SSSR count). The Hall–Kier alpha value is -0.610. The maximum Gasteiger partial charge on any atom is 0.0700 e. The van der Waals surface area contributed by atoms with Crippen molar-refractivity contribution in [1.29, 1.82) is 0 Å². The second kappa shape index (κ2) is 8.48. The molecule has 96 valence electrons. The minimum atomic E-state index is 0.649. The molecule has 0 heterocycles. The summed E-state index contributed by atoms with van der Waals surface area (Å²) in [4.78, 5) is 0. The lowest BCUT2D eigenvalue weighted by molar-refractivity contribution is 0.0719. The molecule has 0 fully saturated rings. The van der Waals surface area contributed by atoms with Gasteiger partial charge in [-0.2, -0.15) is 0 Å². The van der Waals surface area contributed by atoms with Crippen molar-refractivity contribution in [1.82, 2.24) is 5.32 Å². The number of halogens is 1. The second-order valence-corrected chi connectivity index (χ2v) is 4.29. The van der Waals surface area contributed by atoms with Crippen LogP contribution >= 0.6 is 11.6 Å². The molecule has 0 aliphatic heterocycles. The van der Waals surface area contributed by atoms with Gasteiger partial charge in [-0.1, -0.05) is 17.7 Å². The van der Waals surface area contributed by atoms with Gasteiger partial charge in [-0.05, 0) is 30.2 Å². The number of hydrogen-bond donors (Lipinski definition) is 1. The first-order valence-corrected chi connectivity index (χ1v) is 6.14. The Bertz CT molecular complexity index is 331. The molecule has 3 nitrogen and oxygen atoms in total. The number of benzene rings is 1. The Morgan fingerprint density at radius 1 is 1.24 bits per heavy atom. The van der Waals surface area contributed by atoms with Crippen LogP contribution in [0, 0.1) is 6.92 Å². The van der Waals surface area contributed by atoms with Crippen molar-refractivity contribution in [2.24, 2.45) is 0 Å². The number of rotatable bonds is 8. The summed E-state index contributed by atoms with van der Waals surface area (Å²) < 4.78 is 10.2. The zero-order valence-corrected chi connectivity index (χ0v) is 11.2. The summed E-state index contributed by atoms with van der Waals surface area (Å²) in [5, 5.41) is 4.12. The zero-order valence-electron chi connectivity index (χ0n) is 10.5. The van der Waals surface area contributed by atoms with Crippen molar-refractivity contribution >= 4 is 11.6 Å².